The third-order valence-electron chi connectivity index (χ3n) is 3.56. The fraction of sp³-hybridized carbons (Fsp3) is 0.467. The van der Waals surface area contributed by atoms with Gasteiger partial charge in [0.15, 0.2) is 5.12 Å². The van der Waals surface area contributed by atoms with E-state index in [1.165, 1.54) is 11.8 Å². The standard InChI is InChI=1S/C15H18ClNO2S/c1-10(13-4-3-5-14(16)7-13)17-8-12(6-15(17)19)9-20-11(2)18/h3-5,7,10,12H,6,8-9H2,1-2H3. The van der Waals surface area contributed by atoms with Crippen LogP contribution in [0.3, 0.4) is 0 Å². The summed E-state index contributed by atoms with van der Waals surface area (Å²) < 4.78 is 0. The number of carbonyl (C=O) groups is 2. The first kappa shape index (κ1) is 15.4. The molecule has 0 spiro atoms. The Bertz CT molecular complexity index is 520. The summed E-state index contributed by atoms with van der Waals surface area (Å²) in [4.78, 5) is 25.0. The number of halogens is 1. The molecule has 1 aliphatic heterocycles. The Labute approximate surface area is 128 Å². The normalized spacial score (nSPS) is 20.2. The zero-order valence-electron chi connectivity index (χ0n) is 11.6. The van der Waals surface area contributed by atoms with Crippen molar-refractivity contribution < 1.29 is 9.59 Å². The van der Waals surface area contributed by atoms with Crippen molar-refractivity contribution >= 4 is 34.4 Å². The summed E-state index contributed by atoms with van der Waals surface area (Å²) >= 11 is 7.30. The Kier molecular flexibility index (Phi) is 5.11. The molecule has 2 rings (SSSR count). The lowest BCUT2D eigenvalue weighted by Gasteiger charge is -2.25. The van der Waals surface area contributed by atoms with Crippen molar-refractivity contribution in [3.63, 3.8) is 0 Å². The van der Waals surface area contributed by atoms with Crippen LogP contribution in [0.15, 0.2) is 24.3 Å². The SMILES string of the molecule is CC(=O)SCC1CC(=O)N(C(C)c2cccc(Cl)c2)C1. The molecule has 5 heteroatoms. The number of benzene rings is 1. The summed E-state index contributed by atoms with van der Waals surface area (Å²) in [6.45, 7) is 4.30. The van der Waals surface area contributed by atoms with E-state index in [0.29, 0.717) is 18.0 Å². The number of hydrogen-bond donors (Lipinski definition) is 0. The molecular weight excluding hydrogens is 294 g/mol. The zero-order chi connectivity index (χ0) is 14.7. The first-order chi connectivity index (χ1) is 9.47. The molecule has 0 radical (unpaired) electrons. The van der Waals surface area contributed by atoms with Gasteiger partial charge in [-0.1, -0.05) is 35.5 Å². The predicted octanol–water partition coefficient (Wildman–Crippen LogP) is 3.53. The summed E-state index contributed by atoms with van der Waals surface area (Å²) in [7, 11) is 0. The average molecular weight is 312 g/mol. The van der Waals surface area contributed by atoms with Gasteiger partial charge in [-0.05, 0) is 30.5 Å². The van der Waals surface area contributed by atoms with Crippen molar-refractivity contribution in [2.75, 3.05) is 12.3 Å². The first-order valence-corrected chi connectivity index (χ1v) is 8.02. The van der Waals surface area contributed by atoms with Gasteiger partial charge >= 0.3 is 0 Å². The van der Waals surface area contributed by atoms with Crippen molar-refractivity contribution in [1.29, 1.82) is 0 Å². The molecule has 0 aliphatic carbocycles. The number of rotatable bonds is 4. The molecule has 2 unspecified atom stereocenters. The topological polar surface area (TPSA) is 37.4 Å². The maximum atomic E-state index is 12.1. The third-order valence-corrected chi connectivity index (χ3v) is 4.84. The van der Waals surface area contributed by atoms with Crippen LogP contribution in [0.2, 0.25) is 5.02 Å². The predicted molar refractivity (Wildman–Crippen MR) is 82.8 cm³/mol. The van der Waals surface area contributed by atoms with E-state index in [4.69, 9.17) is 11.6 Å². The second kappa shape index (κ2) is 6.64. The van der Waals surface area contributed by atoms with Crippen LogP contribution in [-0.4, -0.2) is 28.2 Å². The average Bonchev–Trinajstić information content (AvgIpc) is 2.77. The second-order valence-corrected chi connectivity index (χ2v) is 6.78. The highest BCUT2D eigenvalue weighted by Crippen LogP contribution is 2.31. The lowest BCUT2D eigenvalue weighted by molar-refractivity contribution is -0.129. The summed E-state index contributed by atoms with van der Waals surface area (Å²) in [5, 5.41) is 0.795. The quantitative estimate of drug-likeness (QED) is 0.853. The van der Waals surface area contributed by atoms with Gasteiger partial charge in [-0.3, -0.25) is 9.59 Å². The smallest absolute Gasteiger partial charge is 0.223 e. The molecule has 1 fully saturated rings. The Morgan fingerprint density at radius 2 is 2.30 bits per heavy atom. The number of hydrogen-bond acceptors (Lipinski definition) is 3. The van der Waals surface area contributed by atoms with E-state index in [0.717, 1.165) is 11.3 Å². The Morgan fingerprint density at radius 3 is 2.95 bits per heavy atom. The highest BCUT2D eigenvalue weighted by Gasteiger charge is 2.33. The Morgan fingerprint density at radius 1 is 1.55 bits per heavy atom. The molecule has 0 bridgehead atoms. The van der Waals surface area contributed by atoms with Gasteiger partial charge in [-0.15, -0.1) is 0 Å². The van der Waals surface area contributed by atoms with E-state index in [1.54, 1.807) is 6.92 Å². The van der Waals surface area contributed by atoms with Crippen molar-refractivity contribution in [3.05, 3.63) is 34.9 Å². The van der Waals surface area contributed by atoms with Crippen molar-refractivity contribution in [1.82, 2.24) is 4.90 Å². The Balaban J connectivity index is 2.02. The molecular formula is C15H18ClNO2S. The minimum absolute atomic E-state index is 0.0218. The monoisotopic (exact) mass is 311 g/mol. The van der Waals surface area contributed by atoms with E-state index in [-0.39, 0.29) is 23.0 Å². The second-order valence-electron chi connectivity index (χ2n) is 5.15. The van der Waals surface area contributed by atoms with Gasteiger partial charge in [0.2, 0.25) is 5.91 Å². The van der Waals surface area contributed by atoms with Gasteiger partial charge in [0.25, 0.3) is 0 Å². The van der Waals surface area contributed by atoms with E-state index in [1.807, 2.05) is 36.1 Å². The van der Waals surface area contributed by atoms with Gasteiger partial charge < -0.3 is 4.90 Å². The number of carbonyl (C=O) groups excluding carboxylic acids is 2. The maximum Gasteiger partial charge on any atom is 0.223 e. The fourth-order valence-corrected chi connectivity index (χ4v) is 3.37. The number of thioether (sulfide) groups is 1. The minimum Gasteiger partial charge on any atom is -0.336 e. The van der Waals surface area contributed by atoms with E-state index in [9.17, 15) is 9.59 Å². The lowest BCUT2D eigenvalue weighted by atomic mass is 10.1. The van der Waals surface area contributed by atoms with E-state index >= 15 is 0 Å². The van der Waals surface area contributed by atoms with Crippen LogP contribution >= 0.6 is 23.4 Å². The zero-order valence-corrected chi connectivity index (χ0v) is 13.2. The van der Waals surface area contributed by atoms with Crippen LogP contribution in [0.1, 0.15) is 31.9 Å². The maximum absolute atomic E-state index is 12.1. The minimum atomic E-state index is 0.0218. The molecule has 0 saturated carbocycles. The highest BCUT2D eigenvalue weighted by atomic mass is 35.5. The molecule has 20 heavy (non-hydrogen) atoms. The van der Waals surface area contributed by atoms with Crippen molar-refractivity contribution in [2.45, 2.75) is 26.3 Å². The van der Waals surface area contributed by atoms with Crippen LogP contribution in [0.25, 0.3) is 0 Å². The Hall–Kier alpha value is -1.00. The number of likely N-dealkylation sites (tertiary alicyclic amines) is 1. The molecule has 2 atom stereocenters. The van der Waals surface area contributed by atoms with Gasteiger partial charge in [-0.25, -0.2) is 0 Å². The first-order valence-electron chi connectivity index (χ1n) is 6.65. The lowest BCUT2D eigenvalue weighted by Crippen LogP contribution is -2.28. The third kappa shape index (κ3) is 3.76. The molecule has 1 saturated heterocycles. The molecule has 1 heterocycles. The van der Waals surface area contributed by atoms with Gasteiger partial charge in [0.05, 0.1) is 6.04 Å². The summed E-state index contributed by atoms with van der Waals surface area (Å²) in [6, 6.07) is 7.64. The van der Waals surface area contributed by atoms with E-state index in [2.05, 4.69) is 0 Å². The molecule has 3 nitrogen and oxygen atoms in total. The molecule has 1 amide bonds. The summed E-state index contributed by atoms with van der Waals surface area (Å²) in [6.07, 6.45) is 0.533. The van der Waals surface area contributed by atoms with Crippen LogP contribution in [0.5, 0.6) is 0 Å². The highest BCUT2D eigenvalue weighted by molar-refractivity contribution is 8.13. The molecule has 0 N–H and O–H groups in total. The van der Waals surface area contributed by atoms with Crippen molar-refractivity contribution in [2.24, 2.45) is 5.92 Å². The fourth-order valence-electron chi connectivity index (χ4n) is 2.48. The van der Waals surface area contributed by atoms with Crippen molar-refractivity contribution in [3.8, 4) is 0 Å². The largest absolute Gasteiger partial charge is 0.336 e. The van der Waals surface area contributed by atoms with Gasteiger partial charge in [-0.2, -0.15) is 0 Å². The van der Waals surface area contributed by atoms with Crippen LogP contribution in [-0.2, 0) is 9.59 Å². The van der Waals surface area contributed by atoms with Gasteiger partial charge in [0, 0.05) is 30.7 Å². The van der Waals surface area contributed by atoms with E-state index < -0.39 is 0 Å². The molecule has 0 aromatic heterocycles. The summed E-state index contributed by atoms with van der Waals surface area (Å²) in [5.41, 5.74) is 1.05. The summed E-state index contributed by atoms with van der Waals surface area (Å²) in [5.74, 6) is 1.14. The molecule has 1 aliphatic rings. The van der Waals surface area contributed by atoms with Gasteiger partial charge in [0.1, 0.15) is 0 Å². The molecule has 1 aromatic rings. The van der Waals surface area contributed by atoms with Crippen LogP contribution < -0.4 is 0 Å². The number of nitrogens with zero attached hydrogens (tertiary/aromatic N) is 1. The van der Waals surface area contributed by atoms with Crippen LogP contribution in [0, 0.1) is 5.92 Å². The molecule has 1 aromatic carbocycles. The molecule has 108 valence electrons. The number of amides is 1. The van der Waals surface area contributed by atoms with Crippen LogP contribution in [0.4, 0.5) is 0 Å².